The number of nitriles is 1. The monoisotopic (exact) mass is 259 g/mol. The molecule has 2 atom stereocenters. The van der Waals surface area contributed by atoms with Gasteiger partial charge in [0.15, 0.2) is 5.11 Å². The first kappa shape index (κ1) is 12.5. The number of carbonyl (C=O) groups excluding carboxylic acids is 1. The molecule has 1 amide bonds. The number of thiocarbonyl (C=S) groups is 1. The Labute approximate surface area is 111 Å². The van der Waals surface area contributed by atoms with Crippen molar-refractivity contribution in [3.05, 3.63) is 35.9 Å². The smallest absolute Gasteiger partial charge is 0.245 e. The van der Waals surface area contributed by atoms with Crippen LogP contribution in [0.4, 0.5) is 0 Å². The molecule has 0 radical (unpaired) electrons. The molecule has 0 bridgehead atoms. The molecule has 1 aromatic carbocycles. The minimum absolute atomic E-state index is 0.212. The molecule has 4 nitrogen and oxygen atoms in total. The van der Waals surface area contributed by atoms with Crippen molar-refractivity contribution in [1.29, 1.82) is 5.26 Å². The molecule has 1 aromatic rings. The Hall–Kier alpha value is -1.93. The standard InChI is InChI=1S/C13H13N3OS/c14-8-10-11(15-13(18)16-12(10)17)7-6-9-4-2-1-3-5-9/h1-5,10-11H,6-7H2,(H2,15,16,17,18). The Bertz CT molecular complexity index is 495. The SMILES string of the molecule is N#CC1C(=O)NC(=S)NC1CCc1ccccc1. The predicted octanol–water partition coefficient (Wildman–Crippen LogP) is 1.13. The molecule has 0 spiro atoms. The summed E-state index contributed by atoms with van der Waals surface area (Å²) in [7, 11) is 0. The quantitative estimate of drug-likeness (QED) is 0.799. The lowest BCUT2D eigenvalue weighted by Gasteiger charge is -2.29. The lowest BCUT2D eigenvalue weighted by molar-refractivity contribution is -0.123. The fourth-order valence-electron chi connectivity index (χ4n) is 2.01. The summed E-state index contributed by atoms with van der Waals surface area (Å²) < 4.78 is 0. The molecule has 2 rings (SSSR count). The Kier molecular flexibility index (Phi) is 3.90. The molecule has 1 aliphatic rings. The number of rotatable bonds is 3. The Morgan fingerprint density at radius 1 is 1.33 bits per heavy atom. The summed E-state index contributed by atoms with van der Waals surface area (Å²) >= 11 is 4.94. The molecule has 1 aliphatic heterocycles. The summed E-state index contributed by atoms with van der Waals surface area (Å²) in [6.07, 6.45) is 1.52. The maximum absolute atomic E-state index is 11.6. The second-order valence-corrected chi connectivity index (χ2v) is 4.61. The van der Waals surface area contributed by atoms with Crippen LogP contribution < -0.4 is 10.6 Å². The van der Waals surface area contributed by atoms with E-state index < -0.39 is 5.92 Å². The maximum Gasteiger partial charge on any atom is 0.245 e. The largest absolute Gasteiger partial charge is 0.358 e. The first-order valence-electron chi connectivity index (χ1n) is 5.75. The number of hydrogen-bond acceptors (Lipinski definition) is 3. The van der Waals surface area contributed by atoms with E-state index in [-0.39, 0.29) is 11.9 Å². The summed E-state index contributed by atoms with van der Waals surface area (Å²) in [6, 6.07) is 11.8. The van der Waals surface area contributed by atoms with Crippen LogP contribution in [0.3, 0.4) is 0 Å². The first-order chi connectivity index (χ1) is 8.70. The number of aryl methyl sites for hydroxylation is 1. The zero-order valence-corrected chi connectivity index (χ0v) is 10.5. The molecule has 2 N–H and O–H groups in total. The molecule has 0 aliphatic carbocycles. The second-order valence-electron chi connectivity index (χ2n) is 4.20. The number of carbonyl (C=O) groups is 1. The molecule has 1 heterocycles. The van der Waals surface area contributed by atoms with Gasteiger partial charge < -0.3 is 10.6 Å². The van der Waals surface area contributed by atoms with Gasteiger partial charge in [-0.1, -0.05) is 30.3 Å². The normalized spacial score (nSPS) is 22.8. The molecule has 1 saturated heterocycles. The van der Waals surface area contributed by atoms with Gasteiger partial charge in [-0.25, -0.2) is 0 Å². The van der Waals surface area contributed by atoms with Gasteiger partial charge in [0.25, 0.3) is 0 Å². The first-order valence-corrected chi connectivity index (χ1v) is 6.16. The van der Waals surface area contributed by atoms with Gasteiger partial charge in [-0.3, -0.25) is 4.79 Å². The number of amides is 1. The van der Waals surface area contributed by atoms with Crippen LogP contribution in [0.25, 0.3) is 0 Å². The van der Waals surface area contributed by atoms with Crippen LogP contribution in [-0.2, 0) is 11.2 Å². The fourth-order valence-corrected chi connectivity index (χ4v) is 2.27. The minimum Gasteiger partial charge on any atom is -0.358 e. The van der Waals surface area contributed by atoms with E-state index in [0.29, 0.717) is 11.5 Å². The van der Waals surface area contributed by atoms with Crippen molar-refractivity contribution in [2.24, 2.45) is 5.92 Å². The molecule has 18 heavy (non-hydrogen) atoms. The maximum atomic E-state index is 11.6. The van der Waals surface area contributed by atoms with Crippen molar-refractivity contribution in [2.45, 2.75) is 18.9 Å². The second kappa shape index (κ2) is 5.61. The van der Waals surface area contributed by atoms with E-state index in [1.54, 1.807) is 0 Å². The highest BCUT2D eigenvalue weighted by Crippen LogP contribution is 2.14. The lowest BCUT2D eigenvalue weighted by atomic mass is 9.93. The third-order valence-corrected chi connectivity index (χ3v) is 3.18. The topological polar surface area (TPSA) is 64.9 Å². The van der Waals surface area contributed by atoms with E-state index in [0.717, 1.165) is 6.42 Å². The van der Waals surface area contributed by atoms with Gasteiger partial charge in [0.2, 0.25) is 5.91 Å². The molecular formula is C13H13N3OS. The predicted molar refractivity (Wildman–Crippen MR) is 71.5 cm³/mol. The highest BCUT2D eigenvalue weighted by Gasteiger charge is 2.33. The van der Waals surface area contributed by atoms with Gasteiger partial charge in [-0.15, -0.1) is 0 Å². The molecule has 0 saturated carbocycles. The van der Waals surface area contributed by atoms with Crippen molar-refractivity contribution < 1.29 is 4.79 Å². The summed E-state index contributed by atoms with van der Waals surface area (Å²) in [4.78, 5) is 11.6. The molecule has 0 aromatic heterocycles. The van der Waals surface area contributed by atoms with Gasteiger partial charge in [-0.2, -0.15) is 5.26 Å². The Balaban J connectivity index is 2.01. The van der Waals surface area contributed by atoms with E-state index in [4.69, 9.17) is 17.5 Å². The Morgan fingerprint density at radius 2 is 2.06 bits per heavy atom. The van der Waals surface area contributed by atoms with Crippen molar-refractivity contribution in [1.82, 2.24) is 10.6 Å². The van der Waals surface area contributed by atoms with Crippen LogP contribution in [-0.4, -0.2) is 17.1 Å². The van der Waals surface area contributed by atoms with Crippen molar-refractivity contribution in [2.75, 3.05) is 0 Å². The molecule has 1 fully saturated rings. The van der Waals surface area contributed by atoms with Gasteiger partial charge in [0.1, 0.15) is 5.92 Å². The lowest BCUT2D eigenvalue weighted by Crippen LogP contribution is -2.57. The number of benzene rings is 1. The zero-order valence-electron chi connectivity index (χ0n) is 9.72. The van der Waals surface area contributed by atoms with Gasteiger partial charge >= 0.3 is 0 Å². The van der Waals surface area contributed by atoms with Crippen LogP contribution in [0.5, 0.6) is 0 Å². The molecule has 5 heteroatoms. The molecule has 92 valence electrons. The van der Waals surface area contributed by atoms with Gasteiger partial charge in [0.05, 0.1) is 12.1 Å². The van der Waals surface area contributed by atoms with E-state index in [1.807, 2.05) is 36.4 Å². The summed E-state index contributed by atoms with van der Waals surface area (Å²) in [5, 5.41) is 14.8. The van der Waals surface area contributed by atoms with E-state index in [9.17, 15) is 4.79 Å². The van der Waals surface area contributed by atoms with Gasteiger partial charge in [-0.05, 0) is 30.6 Å². The summed E-state index contributed by atoms with van der Waals surface area (Å²) in [5.41, 5.74) is 1.19. The third-order valence-electron chi connectivity index (χ3n) is 2.96. The van der Waals surface area contributed by atoms with E-state index >= 15 is 0 Å². The van der Waals surface area contributed by atoms with Crippen LogP contribution in [0.1, 0.15) is 12.0 Å². The minimum atomic E-state index is -0.680. The van der Waals surface area contributed by atoms with Crippen LogP contribution >= 0.6 is 12.2 Å². The van der Waals surface area contributed by atoms with E-state index in [1.165, 1.54) is 5.56 Å². The number of hydrogen-bond donors (Lipinski definition) is 2. The third kappa shape index (κ3) is 2.84. The van der Waals surface area contributed by atoms with Crippen molar-refractivity contribution in [3.63, 3.8) is 0 Å². The highest BCUT2D eigenvalue weighted by molar-refractivity contribution is 7.80. The number of nitrogens with zero attached hydrogens (tertiary/aromatic N) is 1. The average Bonchev–Trinajstić information content (AvgIpc) is 2.37. The number of nitrogens with one attached hydrogen (secondary N) is 2. The average molecular weight is 259 g/mol. The van der Waals surface area contributed by atoms with Crippen LogP contribution in [0.15, 0.2) is 30.3 Å². The van der Waals surface area contributed by atoms with Crippen LogP contribution in [0.2, 0.25) is 0 Å². The molecular weight excluding hydrogens is 246 g/mol. The Morgan fingerprint density at radius 3 is 2.72 bits per heavy atom. The fraction of sp³-hybridized carbons (Fsp3) is 0.308. The molecule has 2 unspecified atom stereocenters. The summed E-state index contributed by atoms with van der Waals surface area (Å²) in [5.74, 6) is -0.986. The summed E-state index contributed by atoms with van der Waals surface area (Å²) in [6.45, 7) is 0. The van der Waals surface area contributed by atoms with Crippen molar-refractivity contribution in [3.8, 4) is 6.07 Å². The van der Waals surface area contributed by atoms with E-state index in [2.05, 4.69) is 10.6 Å². The highest BCUT2D eigenvalue weighted by atomic mass is 32.1. The van der Waals surface area contributed by atoms with Gasteiger partial charge in [0, 0.05) is 0 Å². The van der Waals surface area contributed by atoms with Crippen LogP contribution in [0, 0.1) is 17.2 Å². The van der Waals surface area contributed by atoms with Crippen molar-refractivity contribution >= 4 is 23.2 Å². The zero-order chi connectivity index (χ0) is 13.0.